The SMILES string of the molecule is CC(NC(=O)C(F)(F)F)C(=O)N(C)C(CC1CC1)C(=O)N1CC2(CC1C#N)Oc1cccnc1NC2=O. The fraction of sp³-hybridized carbons (Fsp3) is 0.565. The Balaban J connectivity index is 1.55. The number of fused-ring (bicyclic) bond motifs is 1. The van der Waals surface area contributed by atoms with Crippen LogP contribution in [0.4, 0.5) is 19.0 Å². The number of aromatic nitrogens is 1. The largest absolute Gasteiger partial charge is 0.472 e. The number of carbonyl (C=O) groups is 4. The zero-order valence-corrected chi connectivity index (χ0v) is 20.0. The maximum absolute atomic E-state index is 13.7. The van der Waals surface area contributed by atoms with Gasteiger partial charge in [0, 0.05) is 19.7 Å². The number of halogens is 3. The molecule has 0 radical (unpaired) electrons. The van der Waals surface area contributed by atoms with Gasteiger partial charge in [0.15, 0.2) is 11.6 Å². The van der Waals surface area contributed by atoms with Crippen LogP contribution in [0.1, 0.15) is 32.6 Å². The number of hydrogen-bond donors (Lipinski definition) is 2. The van der Waals surface area contributed by atoms with Gasteiger partial charge in [-0.25, -0.2) is 4.98 Å². The zero-order chi connectivity index (χ0) is 27.1. The number of nitriles is 1. The number of anilines is 1. The van der Waals surface area contributed by atoms with Gasteiger partial charge in [-0.15, -0.1) is 0 Å². The predicted octanol–water partition coefficient (Wildman–Crippen LogP) is 0.970. The summed E-state index contributed by atoms with van der Waals surface area (Å²) in [5.41, 5.74) is -1.55. The lowest BCUT2D eigenvalue weighted by Gasteiger charge is -2.35. The van der Waals surface area contributed by atoms with Crippen LogP contribution in [0.25, 0.3) is 0 Å². The van der Waals surface area contributed by atoms with Gasteiger partial charge < -0.3 is 25.2 Å². The molecule has 2 aliphatic heterocycles. The van der Waals surface area contributed by atoms with Crippen molar-refractivity contribution in [1.29, 1.82) is 5.26 Å². The minimum absolute atomic E-state index is 0.119. The number of rotatable bonds is 6. The Bertz CT molecular complexity index is 1170. The van der Waals surface area contributed by atoms with E-state index >= 15 is 0 Å². The van der Waals surface area contributed by atoms with Crippen LogP contribution >= 0.6 is 0 Å². The van der Waals surface area contributed by atoms with Crippen LogP contribution in [0, 0.1) is 17.2 Å². The summed E-state index contributed by atoms with van der Waals surface area (Å²) in [4.78, 5) is 57.1. The van der Waals surface area contributed by atoms with Crippen LogP contribution in [-0.2, 0) is 19.2 Å². The van der Waals surface area contributed by atoms with E-state index in [1.54, 1.807) is 17.4 Å². The van der Waals surface area contributed by atoms with Crippen LogP contribution in [0.2, 0.25) is 0 Å². The lowest BCUT2D eigenvalue weighted by Crippen LogP contribution is -2.57. The van der Waals surface area contributed by atoms with E-state index < -0.39 is 53.5 Å². The highest BCUT2D eigenvalue weighted by Gasteiger charge is 2.56. The van der Waals surface area contributed by atoms with Crippen LogP contribution < -0.4 is 15.4 Å². The molecule has 1 saturated heterocycles. The molecule has 4 amide bonds. The summed E-state index contributed by atoms with van der Waals surface area (Å²) >= 11 is 0. The number of ether oxygens (including phenoxy) is 1. The molecule has 0 bridgehead atoms. The summed E-state index contributed by atoms with van der Waals surface area (Å²) in [7, 11) is 1.27. The van der Waals surface area contributed by atoms with Gasteiger partial charge >= 0.3 is 12.1 Å². The maximum Gasteiger partial charge on any atom is 0.471 e. The molecule has 4 atom stereocenters. The molecule has 4 unspecified atom stereocenters. The molecule has 0 aromatic carbocycles. The first-order chi connectivity index (χ1) is 17.4. The third kappa shape index (κ3) is 5.16. The van der Waals surface area contributed by atoms with E-state index in [0.717, 1.165) is 24.7 Å². The quantitative estimate of drug-likeness (QED) is 0.566. The Morgan fingerprint density at radius 3 is 2.73 bits per heavy atom. The van der Waals surface area contributed by atoms with Crippen LogP contribution in [-0.4, -0.2) is 81.9 Å². The van der Waals surface area contributed by atoms with Gasteiger partial charge in [-0.3, -0.25) is 19.2 Å². The van der Waals surface area contributed by atoms with E-state index in [1.165, 1.54) is 18.1 Å². The molecule has 1 aliphatic carbocycles. The second-order valence-electron chi connectivity index (χ2n) is 9.55. The Hall–Kier alpha value is -3.89. The molecular weight excluding hydrogens is 497 g/mol. The Morgan fingerprint density at radius 1 is 1.41 bits per heavy atom. The first-order valence-corrected chi connectivity index (χ1v) is 11.7. The second kappa shape index (κ2) is 9.53. The molecule has 2 N–H and O–H groups in total. The molecule has 37 heavy (non-hydrogen) atoms. The lowest BCUT2D eigenvalue weighted by molar-refractivity contribution is -0.175. The van der Waals surface area contributed by atoms with E-state index in [-0.39, 0.29) is 36.9 Å². The van der Waals surface area contributed by atoms with Crippen LogP contribution in [0.15, 0.2) is 18.3 Å². The fourth-order valence-electron chi connectivity index (χ4n) is 4.59. The Kier molecular flexibility index (Phi) is 6.74. The average Bonchev–Trinajstić information content (AvgIpc) is 3.60. The topological polar surface area (TPSA) is 145 Å². The number of likely N-dealkylation sites (N-methyl/N-ethyl adjacent to an activating group) is 1. The van der Waals surface area contributed by atoms with Crippen molar-refractivity contribution in [3.05, 3.63) is 18.3 Å². The first kappa shape index (κ1) is 26.2. The number of carbonyl (C=O) groups excluding carboxylic acids is 4. The highest BCUT2D eigenvalue weighted by Crippen LogP contribution is 2.40. The number of nitrogens with one attached hydrogen (secondary N) is 2. The Labute approximate surface area is 209 Å². The standard InChI is InChI=1S/C23H25F3N6O5/c1-12(29-21(36)23(24,25)26)18(33)31(2)15(8-13-5-6-13)19(34)32-11-22(9-14(32)10-27)20(35)30-17-16(37-22)4-3-7-28-17/h3-4,7,12-15H,5-6,8-9,11H2,1-2H3,(H,29,36)(H,28,30,35). The number of nitrogens with zero attached hydrogens (tertiary/aromatic N) is 4. The van der Waals surface area contributed by atoms with Gasteiger partial charge in [0.1, 0.15) is 18.1 Å². The molecule has 1 spiro atoms. The van der Waals surface area contributed by atoms with Gasteiger partial charge in [0.05, 0.1) is 12.6 Å². The zero-order valence-electron chi connectivity index (χ0n) is 20.0. The predicted molar refractivity (Wildman–Crippen MR) is 120 cm³/mol. The van der Waals surface area contributed by atoms with Crippen LogP contribution in [0.5, 0.6) is 5.75 Å². The van der Waals surface area contributed by atoms with E-state index in [2.05, 4.69) is 10.3 Å². The average molecular weight is 522 g/mol. The van der Waals surface area contributed by atoms with E-state index in [4.69, 9.17) is 4.74 Å². The summed E-state index contributed by atoms with van der Waals surface area (Å²) < 4.78 is 43.9. The number of amides is 4. The summed E-state index contributed by atoms with van der Waals surface area (Å²) in [5, 5.41) is 14.0. The molecule has 1 aromatic rings. The van der Waals surface area contributed by atoms with Crippen molar-refractivity contribution in [2.45, 2.75) is 62.5 Å². The van der Waals surface area contributed by atoms with Crippen molar-refractivity contribution in [3.63, 3.8) is 0 Å². The normalized spacial score (nSPS) is 24.3. The van der Waals surface area contributed by atoms with E-state index in [0.29, 0.717) is 0 Å². The van der Waals surface area contributed by atoms with Gasteiger partial charge in [-0.1, -0.05) is 12.8 Å². The molecule has 14 heteroatoms. The lowest BCUT2D eigenvalue weighted by atomic mass is 9.97. The monoisotopic (exact) mass is 522 g/mol. The number of likely N-dealkylation sites (tertiary alicyclic amines) is 1. The highest BCUT2D eigenvalue weighted by atomic mass is 19.4. The van der Waals surface area contributed by atoms with Crippen LogP contribution in [0.3, 0.4) is 0 Å². The highest BCUT2D eigenvalue weighted by molar-refractivity contribution is 6.01. The summed E-state index contributed by atoms with van der Waals surface area (Å²) in [5.74, 6) is -3.76. The maximum atomic E-state index is 13.7. The van der Waals surface area contributed by atoms with Crippen molar-refractivity contribution in [3.8, 4) is 11.8 Å². The number of hydrogen-bond acceptors (Lipinski definition) is 7. The smallest absolute Gasteiger partial charge is 0.471 e. The minimum atomic E-state index is -5.17. The summed E-state index contributed by atoms with van der Waals surface area (Å²) in [6.45, 7) is 0.823. The molecular formula is C23H25F3N6O5. The van der Waals surface area contributed by atoms with E-state index in [9.17, 15) is 37.6 Å². The third-order valence-corrected chi connectivity index (χ3v) is 6.81. The molecule has 2 fully saturated rings. The van der Waals surface area contributed by atoms with Crippen molar-refractivity contribution >= 4 is 29.4 Å². The van der Waals surface area contributed by atoms with Gasteiger partial charge in [-0.2, -0.15) is 18.4 Å². The van der Waals surface area contributed by atoms with Gasteiger partial charge in [0.25, 0.3) is 5.91 Å². The molecule has 3 heterocycles. The minimum Gasteiger partial charge on any atom is -0.472 e. The summed E-state index contributed by atoms with van der Waals surface area (Å²) in [6, 6.07) is 1.49. The first-order valence-electron chi connectivity index (χ1n) is 11.7. The molecule has 1 saturated carbocycles. The van der Waals surface area contributed by atoms with Crippen molar-refractivity contribution in [2.24, 2.45) is 5.92 Å². The van der Waals surface area contributed by atoms with Crippen molar-refractivity contribution in [2.75, 3.05) is 18.9 Å². The Morgan fingerprint density at radius 2 is 2.11 bits per heavy atom. The summed E-state index contributed by atoms with van der Waals surface area (Å²) in [6.07, 6.45) is -1.98. The van der Waals surface area contributed by atoms with Crippen molar-refractivity contribution in [1.82, 2.24) is 20.1 Å². The number of alkyl halides is 3. The molecule has 3 aliphatic rings. The second-order valence-corrected chi connectivity index (χ2v) is 9.55. The molecule has 1 aromatic heterocycles. The molecule has 11 nitrogen and oxygen atoms in total. The van der Waals surface area contributed by atoms with E-state index in [1.807, 2.05) is 6.07 Å². The molecule has 198 valence electrons. The fourth-order valence-corrected chi connectivity index (χ4v) is 4.59. The van der Waals surface area contributed by atoms with Crippen molar-refractivity contribution < 1.29 is 37.1 Å². The third-order valence-electron chi connectivity index (χ3n) is 6.81. The molecule has 4 rings (SSSR count). The van der Waals surface area contributed by atoms with Gasteiger partial charge in [-0.05, 0) is 31.4 Å². The van der Waals surface area contributed by atoms with Gasteiger partial charge in [0.2, 0.25) is 17.4 Å². The number of pyridine rings is 1.